The van der Waals surface area contributed by atoms with E-state index in [2.05, 4.69) is 20.6 Å². The second-order valence-corrected chi connectivity index (χ2v) is 6.55. The lowest BCUT2D eigenvalue weighted by molar-refractivity contribution is -0.148. The van der Waals surface area contributed by atoms with Crippen LogP contribution in [0.25, 0.3) is 0 Å². The summed E-state index contributed by atoms with van der Waals surface area (Å²) in [5.74, 6) is 0.526. The van der Waals surface area contributed by atoms with Gasteiger partial charge in [0.2, 0.25) is 5.91 Å². The van der Waals surface area contributed by atoms with Crippen LogP contribution in [0.2, 0.25) is 0 Å². The van der Waals surface area contributed by atoms with Gasteiger partial charge in [-0.2, -0.15) is 0 Å². The number of carbonyl (C=O) groups is 3. The van der Waals surface area contributed by atoms with Gasteiger partial charge in [-0.1, -0.05) is 6.07 Å². The van der Waals surface area contributed by atoms with Gasteiger partial charge >= 0.3 is 0 Å². The molecule has 0 spiro atoms. The van der Waals surface area contributed by atoms with Crippen molar-refractivity contribution < 1.29 is 33.7 Å². The number of H-pyrrole nitrogens is 1. The molecule has 0 unspecified atom stereocenters. The van der Waals surface area contributed by atoms with Gasteiger partial charge < -0.3 is 34.9 Å². The van der Waals surface area contributed by atoms with Crippen LogP contribution in [0.5, 0.6) is 11.5 Å². The van der Waals surface area contributed by atoms with Gasteiger partial charge in [0.15, 0.2) is 17.6 Å². The summed E-state index contributed by atoms with van der Waals surface area (Å²) in [5.41, 5.74) is 0.867. The van der Waals surface area contributed by atoms with Crippen molar-refractivity contribution in [3.05, 3.63) is 51.7 Å². The number of amides is 2. The maximum absolute atomic E-state index is 12.7. The van der Waals surface area contributed by atoms with E-state index in [9.17, 15) is 14.4 Å². The molecule has 1 fully saturated rings. The summed E-state index contributed by atoms with van der Waals surface area (Å²) >= 11 is 0. The van der Waals surface area contributed by atoms with Gasteiger partial charge in [-0.3, -0.25) is 19.2 Å². The van der Waals surface area contributed by atoms with Crippen molar-refractivity contribution in [3.63, 3.8) is 0 Å². The number of aryl methyl sites for hydroxylation is 1. The van der Waals surface area contributed by atoms with E-state index in [0.717, 1.165) is 0 Å². The van der Waals surface area contributed by atoms with E-state index in [1.165, 1.54) is 20.3 Å². The quantitative estimate of drug-likeness (QED) is 0.432. The third-order valence-corrected chi connectivity index (χ3v) is 4.39. The lowest BCUT2D eigenvalue weighted by atomic mass is 9.98. The van der Waals surface area contributed by atoms with Crippen LogP contribution in [0.3, 0.4) is 0 Å². The molecule has 2 aromatic rings. The number of nitrogens with zero attached hydrogens (tertiary/aromatic N) is 1. The molecule has 0 aliphatic carbocycles. The van der Waals surface area contributed by atoms with Crippen molar-refractivity contribution in [2.45, 2.75) is 25.6 Å². The number of nitrogens with one attached hydrogen (secondary N) is 3. The largest absolute Gasteiger partial charge is 0.493 e. The highest BCUT2D eigenvalue weighted by Crippen LogP contribution is 2.32. The van der Waals surface area contributed by atoms with E-state index in [1.54, 1.807) is 25.1 Å². The Balaban J connectivity index is 0.00000114. The molecule has 3 rings (SSSR count). The first-order chi connectivity index (χ1) is 15.3. The summed E-state index contributed by atoms with van der Waals surface area (Å²) in [4.78, 5) is 51.3. The number of hydrogen-bond acceptors (Lipinski definition) is 8. The summed E-state index contributed by atoms with van der Waals surface area (Å²) in [5, 5.41) is 12.3. The molecule has 12 heteroatoms. The minimum atomic E-state index is -0.970. The maximum atomic E-state index is 12.7. The predicted molar refractivity (Wildman–Crippen MR) is 110 cm³/mol. The van der Waals surface area contributed by atoms with Crippen molar-refractivity contribution in [2.75, 3.05) is 20.8 Å². The van der Waals surface area contributed by atoms with Crippen LogP contribution < -0.4 is 25.7 Å². The second-order valence-electron chi connectivity index (χ2n) is 6.55. The first-order valence-electron chi connectivity index (χ1n) is 9.38. The SMILES string of the molecule is COc1ccc([C@H]2NC(=O)CO[C@@H]2C(=O)NCc2nc(C)cc(=O)[nH]2)cc1OC.O=CO. The zero-order valence-corrected chi connectivity index (χ0v) is 17.7. The summed E-state index contributed by atoms with van der Waals surface area (Å²) in [6.07, 6.45) is -0.970. The Morgan fingerprint density at radius 3 is 2.59 bits per heavy atom. The van der Waals surface area contributed by atoms with Gasteiger partial charge in [0.05, 0.1) is 26.8 Å². The number of rotatable bonds is 6. The summed E-state index contributed by atoms with van der Waals surface area (Å²) < 4.78 is 16.0. The molecule has 0 radical (unpaired) electrons. The molecule has 0 bridgehead atoms. The summed E-state index contributed by atoms with van der Waals surface area (Å²) in [6.45, 7) is 1.22. The average molecular weight is 448 g/mol. The van der Waals surface area contributed by atoms with Crippen LogP contribution >= 0.6 is 0 Å². The van der Waals surface area contributed by atoms with E-state index < -0.39 is 18.1 Å². The highest BCUT2D eigenvalue weighted by molar-refractivity contribution is 5.86. The van der Waals surface area contributed by atoms with Crippen molar-refractivity contribution >= 4 is 18.3 Å². The fraction of sp³-hybridized carbons (Fsp3) is 0.350. The van der Waals surface area contributed by atoms with Crippen LogP contribution in [-0.4, -0.2) is 60.3 Å². The standard InChI is InChI=1S/C19H22N4O6.CH2O2/c1-10-6-15(24)22-14(21-10)8-20-19(26)18-17(23-16(25)9-29-18)11-4-5-12(27-2)13(7-11)28-3;2-1-3/h4-7,17-18H,8-9H2,1-3H3,(H,20,26)(H,23,25)(H,21,22,24);1H,(H,2,3)/t17-,18+;/m1./s1. The van der Waals surface area contributed by atoms with E-state index in [4.69, 9.17) is 24.1 Å². The minimum Gasteiger partial charge on any atom is -0.493 e. The number of aromatic nitrogens is 2. The van der Waals surface area contributed by atoms with Crippen LogP contribution in [0.1, 0.15) is 23.1 Å². The Kier molecular flexibility index (Phi) is 8.72. The zero-order chi connectivity index (χ0) is 23.7. The number of carboxylic acid groups (broad SMARTS) is 1. The van der Waals surface area contributed by atoms with E-state index in [0.29, 0.717) is 28.6 Å². The lowest BCUT2D eigenvalue weighted by Crippen LogP contribution is -2.52. The fourth-order valence-electron chi connectivity index (χ4n) is 3.08. The Bertz CT molecular complexity index is 1020. The number of carbonyl (C=O) groups excluding carboxylic acids is 2. The minimum absolute atomic E-state index is 0.0161. The molecule has 0 saturated carbocycles. The molecule has 32 heavy (non-hydrogen) atoms. The van der Waals surface area contributed by atoms with Crippen molar-refractivity contribution in [1.82, 2.24) is 20.6 Å². The van der Waals surface area contributed by atoms with Gasteiger partial charge in [-0.15, -0.1) is 0 Å². The number of hydrogen-bond donors (Lipinski definition) is 4. The number of methoxy groups -OCH3 is 2. The Morgan fingerprint density at radius 1 is 1.28 bits per heavy atom. The van der Waals surface area contributed by atoms with Crippen LogP contribution in [0, 0.1) is 6.92 Å². The lowest BCUT2D eigenvalue weighted by Gasteiger charge is -2.32. The molecule has 1 saturated heterocycles. The van der Waals surface area contributed by atoms with Crippen LogP contribution in [0.15, 0.2) is 29.1 Å². The second kappa shape index (κ2) is 11.5. The van der Waals surface area contributed by atoms with Crippen molar-refractivity contribution in [1.29, 1.82) is 0 Å². The molecular weight excluding hydrogens is 424 g/mol. The Labute approximate surface area is 182 Å². The first-order valence-corrected chi connectivity index (χ1v) is 9.38. The third kappa shape index (κ3) is 6.28. The van der Waals surface area contributed by atoms with Gasteiger partial charge in [0, 0.05) is 11.8 Å². The van der Waals surface area contributed by atoms with E-state index in [-0.39, 0.29) is 31.1 Å². The molecule has 1 aromatic heterocycles. The number of benzene rings is 1. The Morgan fingerprint density at radius 2 is 1.97 bits per heavy atom. The number of aromatic amines is 1. The number of ether oxygens (including phenoxy) is 3. The highest BCUT2D eigenvalue weighted by atomic mass is 16.5. The molecule has 4 N–H and O–H groups in total. The van der Waals surface area contributed by atoms with Crippen molar-refractivity contribution in [2.24, 2.45) is 0 Å². The maximum Gasteiger partial charge on any atom is 0.290 e. The normalized spacial score (nSPS) is 17.3. The van der Waals surface area contributed by atoms with E-state index >= 15 is 0 Å². The molecule has 12 nitrogen and oxygen atoms in total. The van der Waals surface area contributed by atoms with Gasteiger partial charge in [0.1, 0.15) is 12.4 Å². The first kappa shape index (κ1) is 24.3. The van der Waals surface area contributed by atoms with E-state index in [1.807, 2.05) is 0 Å². The topological polar surface area (TPSA) is 169 Å². The van der Waals surface area contributed by atoms with Crippen LogP contribution in [-0.2, 0) is 25.7 Å². The molecule has 2 atom stereocenters. The summed E-state index contributed by atoms with van der Waals surface area (Å²) in [6, 6.07) is 5.73. The average Bonchev–Trinajstić information content (AvgIpc) is 2.76. The molecular formula is C20H24N4O8. The highest BCUT2D eigenvalue weighted by Gasteiger charge is 2.36. The summed E-state index contributed by atoms with van der Waals surface area (Å²) in [7, 11) is 3.01. The van der Waals surface area contributed by atoms with Gasteiger partial charge in [-0.05, 0) is 24.6 Å². The molecule has 1 aliphatic heterocycles. The zero-order valence-electron chi connectivity index (χ0n) is 17.7. The predicted octanol–water partition coefficient (Wildman–Crippen LogP) is -0.331. The molecule has 2 amide bonds. The Hall–Kier alpha value is -3.93. The van der Waals surface area contributed by atoms with Crippen LogP contribution in [0.4, 0.5) is 0 Å². The van der Waals surface area contributed by atoms with Gasteiger partial charge in [0.25, 0.3) is 17.9 Å². The van der Waals surface area contributed by atoms with Gasteiger partial charge in [-0.25, -0.2) is 4.98 Å². The fourth-order valence-corrected chi connectivity index (χ4v) is 3.08. The monoisotopic (exact) mass is 448 g/mol. The van der Waals surface area contributed by atoms with Crippen molar-refractivity contribution in [3.8, 4) is 11.5 Å². The smallest absolute Gasteiger partial charge is 0.290 e. The molecule has 172 valence electrons. The molecule has 1 aromatic carbocycles. The molecule has 2 heterocycles. The number of morpholine rings is 1. The molecule has 1 aliphatic rings. The third-order valence-electron chi connectivity index (χ3n) is 4.39.